The van der Waals surface area contributed by atoms with Crippen molar-refractivity contribution in [3.05, 3.63) is 59.9 Å². The van der Waals surface area contributed by atoms with Crippen LogP contribution in [0.1, 0.15) is 12.5 Å². The zero-order chi connectivity index (χ0) is 17.0. The Labute approximate surface area is 129 Å². The van der Waals surface area contributed by atoms with Crippen molar-refractivity contribution in [1.82, 2.24) is 0 Å². The second-order valence-electron chi connectivity index (χ2n) is 4.72. The van der Waals surface area contributed by atoms with Crippen LogP contribution in [0.3, 0.4) is 0 Å². The van der Waals surface area contributed by atoms with Gasteiger partial charge in [-0.1, -0.05) is 24.3 Å². The van der Waals surface area contributed by atoms with Crippen molar-refractivity contribution in [2.24, 2.45) is 0 Å². The summed E-state index contributed by atoms with van der Waals surface area (Å²) in [5, 5.41) is 2.15. The summed E-state index contributed by atoms with van der Waals surface area (Å²) in [5.74, 6) is -1.63. The van der Waals surface area contributed by atoms with Gasteiger partial charge in [0.1, 0.15) is 0 Å². The lowest BCUT2D eigenvalue weighted by Crippen LogP contribution is -2.31. The van der Waals surface area contributed by atoms with Crippen molar-refractivity contribution < 1.29 is 27.1 Å². The Balaban J connectivity index is 2.12. The Morgan fingerprint density at radius 1 is 1.09 bits per heavy atom. The molecular formula is C16H13F4NO2. The minimum absolute atomic E-state index is 0.153. The van der Waals surface area contributed by atoms with E-state index in [2.05, 4.69) is 5.32 Å². The molecule has 0 fully saturated rings. The summed E-state index contributed by atoms with van der Waals surface area (Å²) in [4.78, 5) is 12.0. The Morgan fingerprint density at radius 2 is 1.70 bits per heavy atom. The van der Waals surface area contributed by atoms with Crippen molar-refractivity contribution in [3.8, 4) is 5.75 Å². The number of para-hydroxylation sites is 2. The number of nitrogens with one attached hydrogen (secondary N) is 1. The lowest BCUT2D eigenvalue weighted by atomic mass is 10.1. The highest BCUT2D eigenvalue weighted by Gasteiger charge is 2.34. The number of amides is 1. The fraction of sp³-hybridized carbons (Fsp3) is 0.188. The van der Waals surface area contributed by atoms with Gasteiger partial charge >= 0.3 is 6.18 Å². The lowest BCUT2D eigenvalue weighted by Gasteiger charge is -2.17. The molecule has 0 aliphatic carbocycles. The molecule has 0 aliphatic heterocycles. The standard InChI is InChI=1S/C16H13F4NO2/c1-10(23-14-9-5-3-7-12(14)17)15(22)21-13-8-4-2-6-11(13)16(18,19)20/h2-10H,1H3,(H,21,22)/t10-/m1/s1. The highest BCUT2D eigenvalue weighted by Crippen LogP contribution is 2.34. The van der Waals surface area contributed by atoms with Gasteiger partial charge in [0.2, 0.25) is 0 Å². The van der Waals surface area contributed by atoms with E-state index in [-0.39, 0.29) is 11.4 Å². The van der Waals surface area contributed by atoms with Gasteiger partial charge in [-0.3, -0.25) is 4.79 Å². The Hall–Kier alpha value is -2.57. The van der Waals surface area contributed by atoms with E-state index in [1.807, 2.05) is 0 Å². The molecule has 23 heavy (non-hydrogen) atoms. The number of anilines is 1. The molecule has 0 aromatic heterocycles. The molecule has 0 bridgehead atoms. The van der Waals surface area contributed by atoms with Gasteiger partial charge in [-0.15, -0.1) is 0 Å². The normalized spacial score (nSPS) is 12.6. The molecule has 2 aromatic rings. The van der Waals surface area contributed by atoms with Gasteiger partial charge in [-0.2, -0.15) is 13.2 Å². The number of carbonyl (C=O) groups excluding carboxylic acids is 1. The first-order valence-electron chi connectivity index (χ1n) is 6.67. The fourth-order valence-electron chi connectivity index (χ4n) is 1.86. The van der Waals surface area contributed by atoms with Crippen LogP contribution in [-0.4, -0.2) is 12.0 Å². The zero-order valence-electron chi connectivity index (χ0n) is 12.0. The minimum atomic E-state index is -4.60. The van der Waals surface area contributed by atoms with E-state index >= 15 is 0 Å². The van der Waals surface area contributed by atoms with Gasteiger partial charge in [-0.25, -0.2) is 4.39 Å². The van der Waals surface area contributed by atoms with E-state index in [1.165, 1.54) is 37.3 Å². The quantitative estimate of drug-likeness (QED) is 0.853. The van der Waals surface area contributed by atoms with E-state index in [1.54, 1.807) is 0 Å². The minimum Gasteiger partial charge on any atom is -0.478 e. The van der Waals surface area contributed by atoms with Gasteiger partial charge in [0.15, 0.2) is 17.7 Å². The van der Waals surface area contributed by atoms with Crippen molar-refractivity contribution >= 4 is 11.6 Å². The summed E-state index contributed by atoms with van der Waals surface area (Å²) in [5.41, 5.74) is -1.35. The summed E-state index contributed by atoms with van der Waals surface area (Å²) >= 11 is 0. The van der Waals surface area contributed by atoms with E-state index in [0.717, 1.165) is 18.2 Å². The number of ether oxygens (including phenoxy) is 1. The number of hydrogen-bond donors (Lipinski definition) is 1. The summed E-state index contributed by atoms with van der Waals surface area (Å²) in [6.07, 6.45) is -5.77. The third kappa shape index (κ3) is 4.21. The lowest BCUT2D eigenvalue weighted by molar-refractivity contribution is -0.137. The number of alkyl halides is 3. The molecule has 0 saturated carbocycles. The van der Waals surface area contributed by atoms with Crippen LogP contribution in [-0.2, 0) is 11.0 Å². The van der Waals surface area contributed by atoms with Gasteiger partial charge in [0.05, 0.1) is 11.3 Å². The molecule has 1 atom stereocenters. The molecule has 0 heterocycles. The first kappa shape index (κ1) is 16.8. The van der Waals surface area contributed by atoms with Crippen LogP contribution >= 0.6 is 0 Å². The van der Waals surface area contributed by atoms with Crippen molar-refractivity contribution in [2.75, 3.05) is 5.32 Å². The maximum absolute atomic E-state index is 13.5. The first-order chi connectivity index (χ1) is 10.8. The maximum Gasteiger partial charge on any atom is 0.418 e. The summed E-state index contributed by atoms with van der Waals surface area (Å²) in [7, 11) is 0. The molecule has 0 saturated heterocycles. The SMILES string of the molecule is C[C@@H](Oc1ccccc1F)C(=O)Nc1ccccc1C(F)(F)F. The molecule has 0 spiro atoms. The fourth-order valence-corrected chi connectivity index (χ4v) is 1.86. The van der Waals surface area contributed by atoms with E-state index in [0.29, 0.717) is 0 Å². The largest absolute Gasteiger partial charge is 0.478 e. The van der Waals surface area contributed by atoms with E-state index < -0.39 is 29.6 Å². The smallest absolute Gasteiger partial charge is 0.418 e. The maximum atomic E-state index is 13.5. The number of rotatable bonds is 4. The first-order valence-corrected chi connectivity index (χ1v) is 6.67. The monoisotopic (exact) mass is 327 g/mol. The second-order valence-corrected chi connectivity index (χ2v) is 4.72. The molecule has 0 unspecified atom stereocenters. The third-order valence-corrected chi connectivity index (χ3v) is 3.00. The average Bonchev–Trinajstić information content (AvgIpc) is 2.49. The Morgan fingerprint density at radius 3 is 2.35 bits per heavy atom. The van der Waals surface area contributed by atoms with Crippen LogP contribution in [0.4, 0.5) is 23.2 Å². The van der Waals surface area contributed by atoms with Gasteiger partial charge in [0, 0.05) is 0 Å². The third-order valence-electron chi connectivity index (χ3n) is 3.00. The van der Waals surface area contributed by atoms with E-state index in [4.69, 9.17) is 4.74 Å². The second kappa shape index (κ2) is 6.68. The van der Waals surface area contributed by atoms with Crippen molar-refractivity contribution in [3.63, 3.8) is 0 Å². The highest BCUT2D eigenvalue weighted by atomic mass is 19.4. The number of benzene rings is 2. The molecule has 1 amide bonds. The molecule has 2 rings (SSSR count). The van der Waals surface area contributed by atoms with Gasteiger partial charge < -0.3 is 10.1 Å². The van der Waals surface area contributed by atoms with Crippen molar-refractivity contribution in [2.45, 2.75) is 19.2 Å². The molecule has 1 N–H and O–H groups in total. The molecule has 0 aliphatic rings. The summed E-state index contributed by atoms with van der Waals surface area (Å²) in [6, 6.07) is 10.0. The molecule has 3 nitrogen and oxygen atoms in total. The molecular weight excluding hydrogens is 314 g/mol. The summed E-state index contributed by atoms with van der Waals surface area (Å²) < 4.78 is 57.2. The Bertz CT molecular complexity index is 700. The van der Waals surface area contributed by atoms with Crippen molar-refractivity contribution in [1.29, 1.82) is 0 Å². The van der Waals surface area contributed by atoms with Crippen LogP contribution in [0.25, 0.3) is 0 Å². The molecule has 7 heteroatoms. The van der Waals surface area contributed by atoms with E-state index in [9.17, 15) is 22.4 Å². The molecule has 2 aromatic carbocycles. The van der Waals surface area contributed by atoms with Crippen LogP contribution in [0.5, 0.6) is 5.75 Å². The number of halogens is 4. The summed E-state index contributed by atoms with van der Waals surface area (Å²) in [6.45, 7) is 1.32. The Kier molecular flexibility index (Phi) is 4.88. The van der Waals surface area contributed by atoms with Crippen LogP contribution in [0.15, 0.2) is 48.5 Å². The highest BCUT2D eigenvalue weighted by molar-refractivity contribution is 5.94. The zero-order valence-corrected chi connectivity index (χ0v) is 12.0. The predicted molar refractivity (Wildman–Crippen MR) is 76.6 cm³/mol. The molecule has 0 radical (unpaired) electrons. The molecule has 122 valence electrons. The number of carbonyl (C=O) groups is 1. The predicted octanol–water partition coefficient (Wildman–Crippen LogP) is 4.25. The van der Waals surface area contributed by atoms with Gasteiger partial charge in [-0.05, 0) is 31.2 Å². The van der Waals surface area contributed by atoms with Crippen LogP contribution in [0.2, 0.25) is 0 Å². The average molecular weight is 327 g/mol. The van der Waals surface area contributed by atoms with Gasteiger partial charge in [0.25, 0.3) is 5.91 Å². The topological polar surface area (TPSA) is 38.3 Å². The van der Waals surface area contributed by atoms with Crippen LogP contribution in [0, 0.1) is 5.82 Å². The van der Waals surface area contributed by atoms with Crippen LogP contribution < -0.4 is 10.1 Å². The number of hydrogen-bond acceptors (Lipinski definition) is 2.